The number of carbonyl (C=O) groups excluding carboxylic acids is 1. The Labute approximate surface area is 250 Å². The highest BCUT2D eigenvalue weighted by Crippen LogP contribution is 2.44. The Morgan fingerprint density at radius 3 is 2.41 bits per heavy atom. The van der Waals surface area contributed by atoms with Gasteiger partial charge in [0.25, 0.3) is 5.91 Å². The molecule has 1 fully saturated rings. The summed E-state index contributed by atoms with van der Waals surface area (Å²) in [5.41, 5.74) is 1.43. The van der Waals surface area contributed by atoms with Crippen molar-refractivity contribution in [2.75, 3.05) is 6.54 Å². The van der Waals surface area contributed by atoms with Crippen molar-refractivity contribution in [3.63, 3.8) is 0 Å². The van der Waals surface area contributed by atoms with Crippen LogP contribution in [0.3, 0.4) is 0 Å². The van der Waals surface area contributed by atoms with Gasteiger partial charge in [0, 0.05) is 46.0 Å². The van der Waals surface area contributed by atoms with E-state index in [1.165, 1.54) is 23.1 Å². The molecule has 0 radical (unpaired) electrons. The van der Waals surface area contributed by atoms with E-state index in [9.17, 15) is 27.8 Å². The number of ether oxygens (including phenoxy) is 1. The molecule has 12 heteroatoms. The van der Waals surface area contributed by atoms with E-state index in [-0.39, 0.29) is 18.7 Å². The fourth-order valence-electron chi connectivity index (χ4n) is 5.04. The molecule has 41 heavy (non-hydrogen) atoms. The lowest BCUT2D eigenvalue weighted by atomic mass is 9.89. The van der Waals surface area contributed by atoms with Gasteiger partial charge in [0.1, 0.15) is 18.0 Å². The number of hydrogen-bond acceptors (Lipinski definition) is 5. The molecule has 1 amide bonds. The summed E-state index contributed by atoms with van der Waals surface area (Å²) in [5, 5.41) is 10.5. The highest BCUT2D eigenvalue weighted by molar-refractivity contribution is 7.76. The van der Waals surface area contributed by atoms with Gasteiger partial charge in [-0.05, 0) is 47.9 Å². The second-order valence-electron chi connectivity index (χ2n) is 9.63. The quantitative estimate of drug-likeness (QED) is 0.275. The van der Waals surface area contributed by atoms with Crippen molar-refractivity contribution in [1.82, 2.24) is 9.21 Å². The molecule has 1 N–H and O–H groups in total. The molecule has 0 aliphatic carbocycles. The number of morpholine rings is 1. The van der Waals surface area contributed by atoms with Gasteiger partial charge in [0.05, 0.1) is 12.5 Å². The first-order valence-electron chi connectivity index (χ1n) is 12.9. The number of carboxylic acids is 1. The van der Waals surface area contributed by atoms with Crippen LogP contribution in [-0.2, 0) is 32.1 Å². The van der Waals surface area contributed by atoms with Gasteiger partial charge in [-0.3, -0.25) is 13.8 Å². The van der Waals surface area contributed by atoms with Crippen LogP contribution in [0.5, 0.6) is 0 Å². The number of aliphatic carboxylic acids is 1. The normalized spacial score (nSPS) is 20.7. The van der Waals surface area contributed by atoms with Gasteiger partial charge < -0.3 is 19.3 Å². The zero-order valence-electron chi connectivity index (χ0n) is 22.0. The summed E-state index contributed by atoms with van der Waals surface area (Å²) in [4.78, 5) is 27.2. The molecule has 4 rings (SSSR count). The molecular weight excluding hydrogens is 594 g/mol. The van der Waals surface area contributed by atoms with E-state index in [2.05, 4.69) is 0 Å². The SMILES string of the molecule is CC[C@@H](CN(Cc1ccccc1F)S(=O)[O-])N1C(=O)[C@@H](CC(=O)O)O[C@H](c2cccc(Cl)c2)[C@H]1c1ccc(Cl)cc1. The number of halogens is 3. The monoisotopic (exact) mass is 621 g/mol. The maximum atomic E-state index is 14.4. The third kappa shape index (κ3) is 7.51. The third-order valence-corrected chi connectivity index (χ3v) is 8.16. The van der Waals surface area contributed by atoms with Crippen LogP contribution in [0.25, 0.3) is 0 Å². The molecule has 0 bridgehead atoms. The lowest BCUT2D eigenvalue weighted by Gasteiger charge is -2.48. The largest absolute Gasteiger partial charge is 0.760 e. The Hall–Kier alpha value is -2.86. The minimum Gasteiger partial charge on any atom is -0.760 e. The summed E-state index contributed by atoms with van der Waals surface area (Å²) in [7, 11) is 0. The number of carboxylic acid groups (broad SMARTS) is 1. The first-order chi connectivity index (χ1) is 19.6. The summed E-state index contributed by atoms with van der Waals surface area (Å²) >= 11 is 9.69. The molecule has 218 valence electrons. The summed E-state index contributed by atoms with van der Waals surface area (Å²) in [6.07, 6.45) is -2.47. The van der Waals surface area contributed by atoms with Gasteiger partial charge >= 0.3 is 5.97 Å². The molecule has 1 saturated heterocycles. The average Bonchev–Trinajstić information content (AvgIpc) is 2.93. The van der Waals surface area contributed by atoms with Crippen LogP contribution < -0.4 is 0 Å². The first-order valence-corrected chi connectivity index (χ1v) is 14.7. The smallest absolute Gasteiger partial charge is 0.306 e. The second-order valence-corrected chi connectivity index (χ2v) is 11.5. The number of benzene rings is 3. The number of rotatable bonds is 11. The molecule has 1 aliphatic rings. The molecule has 5 atom stereocenters. The Morgan fingerprint density at radius 2 is 1.80 bits per heavy atom. The maximum Gasteiger partial charge on any atom is 0.306 e. The van der Waals surface area contributed by atoms with Gasteiger partial charge in [-0.25, -0.2) is 8.70 Å². The van der Waals surface area contributed by atoms with Gasteiger partial charge in [-0.1, -0.05) is 72.6 Å². The van der Waals surface area contributed by atoms with Crippen molar-refractivity contribution >= 4 is 46.3 Å². The summed E-state index contributed by atoms with van der Waals surface area (Å²) in [6, 6.07) is 18.0. The summed E-state index contributed by atoms with van der Waals surface area (Å²) < 4.78 is 46.3. The first kappa shape index (κ1) is 31.1. The van der Waals surface area contributed by atoms with Crippen molar-refractivity contribution in [2.24, 2.45) is 0 Å². The van der Waals surface area contributed by atoms with Crippen LogP contribution in [0.15, 0.2) is 72.8 Å². The highest BCUT2D eigenvalue weighted by Gasteiger charge is 2.47. The van der Waals surface area contributed by atoms with Crippen LogP contribution >= 0.6 is 23.2 Å². The minimum absolute atomic E-state index is 0.168. The van der Waals surface area contributed by atoms with Crippen molar-refractivity contribution in [3.8, 4) is 0 Å². The van der Waals surface area contributed by atoms with E-state index in [0.717, 1.165) is 4.31 Å². The molecule has 0 aromatic heterocycles. The third-order valence-electron chi connectivity index (χ3n) is 6.97. The predicted molar refractivity (Wildman–Crippen MR) is 152 cm³/mol. The number of hydrogen-bond donors (Lipinski definition) is 1. The molecule has 1 aliphatic heterocycles. The van der Waals surface area contributed by atoms with Crippen LogP contribution in [0, 0.1) is 5.82 Å². The Balaban J connectivity index is 1.81. The van der Waals surface area contributed by atoms with Gasteiger partial charge in [-0.2, -0.15) is 0 Å². The van der Waals surface area contributed by atoms with E-state index in [0.29, 0.717) is 27.6 Å². The standard InChI is InChI=1S/C29H29Cl2FN2O6S/c1-2-23(17-33(41(38)39)16-20-6-3-4-9-24(20)32)34-27(18-10-12-21(30)13-11-18)28(19-7-5-8-22(31)14-19)40-25(29(34)37)15-26(35)36/h3-14,23,25,27-28H,2,15-17H2,1H3,(H,35,36)(H,38,39)/p-1/t23-,25+,27+,28+/m0/s1. The second kappa shape index (κ2) is 13.9. The Morgan fingerprint density at radius 1 is 1.10 bits per heavy atom. The zero-order valence-corrected chi connectivity index (χ0v) is 24.3. The highest BCUT2D eigenvalue weighted by atomic mass is 35.5. The van der Waals surface area contributed by atoms with E-state index < -0.39 is 59.7 Å². The summed E-state index contributed by atoms with van der Waals surface area (Å²) in [6.45, 7) is 1.38. The lowest BCUT2D eigenvalue weighted by Crippen LogP contribution is -2.57. The van der Waals surface area contributed by atoms with Crippen LogP contribution in [0.2, 0.25) is 10.0 Å². The molecule has 0 saturated carbocycles. The van der Waals surface area contributed by atoms with Crippen LogP contribution in [-0.4, -0.2) is 53.6 Å². The summed E-state index contributed by atoms with van der Waals surface area (Å²) in [5.74, 6) is -2.38. The molecule has 1 heterocycles. The topological polar surface area (TPSA) is 110 Å². The number of carbonyl (C=O) groups is 2. The van der Waals surface area contributed by atoms with Gasteiger partial charge in [0.2, 0.25) is 0 Å². The van der Waals surface area contributed by atoms with Gasteiger partial charge in [0.15, 0.2) is 0 Å². The van der Waals surface area contributed by atoms with E-state index in [4.69, 9.17) is 27.9 Å². The predicted octanol–water partition coefficient (Wildman–Crippen LogP) is 5.69. The van der Waals surface area contributed by atoms with Crippen LogP contribution in [0.1, 0.15) is 48.6 Å². The van der Waals surface area contributed by atoms with E-state index >= 15 is 0 Å². The zero-order chi connectivity index (χ0) is 29.7. The molecule has 0 spiro atoms. The van der Waals surface area contributed by atoms with Crippen molar-refractivity contribution < 1.29 is 32.6 Å². The molecular formula is C29H28Cl2FN2O6S-. The fourth-order valence-corrected chi connectivity index (χ4v) is 5.91. The maximum absolute atomic E-state index is 14.4. The van der Waals surface area contributed by atoms with E-state index in [1.807, 2.05) is 0 Å². The van der Waals surface area contributed by atoms with Crippen LogP contribution in [0.4, 0.5) is 4.39 Å². The number of nitrogens with zero attached hydrogens (tertiary/aromatic N) is 2. The molecule has 3 aromatic carbocycles. The minimum atomic E-state index is -2.76. The Kier molecular flexibility index (Phi) is 10.5. The van der Waals surface area contributed by atoms with E-state index in [1.54, 1.807) is 61.5 Å². The van der Waals surface area contributed by atoms with Crippen molar-refractivity contribution in [1.29, 1.82) is 0 Å². The van der Waals surface area contributed by atoms with Crippen molar-refractivity contribution in [3.05, 3.63) is 105 Å². The van der Waals surface area contributed by atoms with Crippen molar-refractivity contribution in [2.45, 2.75) is 50.6 Å². The lowest BCUT2D eigenvalue weighted by molar-refractivity contribution is -0.183. The molecule has 1 unspecified atom stereocenters. The molecule has 3 aromatic rings. The average molecular weight is 623 g/mol. The number of amides is 1. The molecule has 8 nitrogen and oxygen atoms in total. The van der Waals surface area contributed by atoms with Gasteiger partial charge in [-0.15, -0.1) is 0 Å². The fraction of sp³-hybridized carbons (Fsp3) is 0.310. The Bertz CT molecular complexity index is 1410.